The van der Waals surface area contributed by atoms with E-state index in [9.17, 15) is 36.8 Å². The average molecular weight is 964 g/mol. The van der Waals surface area contributed by atoms with E-state index in [1.54, 1.807) is 42.5 Å². The Labute approximate surface area is 436 Å². The molecule has 0 amide bonds. The van der Waals surface area contributed by atoms with Gasteiger partial charge in [-0.25, -0.2) is 0 Å². The number of rotatable bonds is 7. The van der Waals surface area contributed by atoms with Crippen molar-refractivity contribution in [2.75, 3.05) is 0 Å². The van der Waals surface area contributed by atoms with Gasteiger partial charge >= 0.3 is 0 Å². The Morgan fingerprint density at radius 2 is 0.539 bits per heavy atom. The van der Waals surface area contributed by atoms with Crippen molar-refractivity contribution < 1.29 is 0 Å². The van der Waals surface area contributed by atoms with Crippen molar-refractivity contribution in [1.82, 2.24) is 9.13 Å². The van der Waals surface area contributed by atoms with E-state index in [2.05, 4.69) is 100 Å². The van der Waals surface area contributed by atoms with E-state index in [1.807, 2.05) is 109 Å². The molecular formula is C67H33N9. The summed E-state index contributed by atoms with van der Waals surface area (Å²) in [5.74, 6) is 0. The van der Waals surface area contributed by atoms with Gasteiger partial charge in [-0.3, -0.25) is 0 Å². The first-order valence-electron chi connectivity index (χ1n) is 24.0. The highest BCUT2D eigenvalue weighted by molar-refractivity contribution is 6.13. The minimum atomic E-state index is 0.276. The average Bonchev–Trinajstić information content (AvgIpc) is 4.03. The van der Waals surface area contributed by atoms with Gasteiger partial charge in [-0.15, -0.1) is 0 Å². The lowest BCUT2D eigenvalue weighted by atomic mass is 9.96. The maximum atomic E-state index is 11.6. The van der Waals surface area contributed by atoms with Crippen LogP contribution in [0.1, 0.15) is 38.9 Å². The van der Waals surface area contributed by atoms with Gasteiger partial charge in [0, 0.05) is 27.1 Å². The van der Waals surface area contributed by atoms with Gasteiger partial charge in [-0.1, -0.05) is 97.1 Å². The molecule has 76 heavy (non-hydrogen) atoms. The molecule has 0 saturated carbocycles. The molecular weight excluding hydrogens is 931 g/mol. The third kappa shape index (κ3) is 7.69. The van der Waals surface area contributed by atoms with Crippen LogP contribution >= 0.6 is 0 Å². The predicted octanol–water partition coefficient (Wildman–Crippen LogP) is 15.3. The number of aromatic nitrogens is 2. The minimum Gasteiger partial charge on any atom is -0.309 e. The molecule has 9 heteroatoms. The van der Waals surface area contributed by atoms with E-state index >= 15 is 0 Å². The Hall–Kier alpha value is -11.8. The van der Waals surface area contributed by atoms with Gasteiger partial charge in [-0.05, 0) is 153 Å². The zero-order valence-electron chi connectivity index (χ0n) is 40.1. The summed E-state index contributed by atoms with van der Waals surface area (Å²) in [6.07, 6.45) is 0. The number of nitrogens with zero attached hydrogens (tertiary/aromatic N) is 9. The Bertz CT molecular complexity index is 4540. The summed E-state index contributed by atoms with van der Waals surface area (Å²) >= 11 is 0. The van der Waals surface area contributed by atoms with Crippen LogP contribution in [-0.4, -0.2) is 9.13 Å². The van der Waals surface area contributed by atoms with E-state index in [-0.39, 0.29) is 11.1 Å². The first-order chi connectivity index (χ1) is 37.3. The van der Waals surface area contributed by atoms with Crippen molar-refractivity contribution in [3.8, 4) is 109 Å². The molecule has 12 aromatic rings. The first kappa shape index (κ1) is 45.4. The smallest absolute Gasteiger partial charge is 0.101 e. The molecule has 2 aromatic heterocycles. The Balaban J connectivity index is 1.22. The molecule has 0 unspecified atom stereocenters. The Morgan fingerprint density at radius 3 is 0.855 bits per heavy atom. The monoisotopic (exact) mass is 963 g/mol. The van der Waals surface area contributed by atoms with Crippen LogP contribution in [0.25, 0.3) is 111 Å². The molecule has 0 aliphatic rings. The van der Waals surface area contributed by atoms with Gasteiger partial charge in [0.1, 0.15) is 6.07 Å². The highest BCUT2D eigenvalue weighted by Crippen LogP contribution is 2.44. The zero-order chi connectivity index (χ0) is 52.0. The minimum absolute atomic E-state index is 0.276. The largest absolute Gasteiger partial charge is 0.309 e. The number of hydrogen-bond acceptors (Lipinski definition) is 7. The van der Waals surface area contributed by atoms with Gasteiger partial charge in [0.05, 0.1) is 109 Å². The van der Waals surface area contributed by atoms with Crippen LogP contribution in [0.3, 0.4) is 0 Å². The summed E-state index contributed by atoms with van der Waals surface area (Å²) in [5.41, 5.74) is 15.1. The fourth-order valence-electron chi connectivity index (χ4n) is 10.5. The van der Waals surface area contributed by atoms with E-state index < -0.39 is 0 Å². The molecule has 10 aromatic carbocycles. The highest BCUT2D eigenvalue weighted by Gasteiger charge is 2.24. The molecule has 0 spiro atoms. The van der Waals surface area contributed by atoms with E-state index in [0.29, 0.717) is 50.3 Å². The predicted molar refractivity (Wildman–Crippen MR) is 295 cm³/mol. The normalized spacial score (nSPS) is 10.8. The topological polar surface area (TPSA) is 176 Å². The fourth-order valence-corrected chi connectivity index (χ4v) is 10.5. The van der Waals surface area contributed by atoms with Gasteiger partial charge in [0.15, 0.2) is 0 Å². The van der Waals surface area contributed by atoms with Crippen molar-refractivity contribution in [2.24, 2.45) is 0 Å². The van der Waals surface area contributed by atoms with Gasteiger partial charge < -0.3 is 9.13 Å². The summed E-state index contributed by atoms with van der Waals surface area (Å²) < 4.78 is 4.20. The van der Waals surface area contributed by atoms with Gasteiger partial charge in [0.2, 0.25) is 0 Å². The molecule has 0 aliphatic carbocycles. The van der Waals surface area contributed by atoms with Crippen molar-refractivity contribution in [2.45, 2.75) is 0 Å². The van der Waals surface area contributed by atoms with Crippen molar-refractivity contribution in [3.63, 3.8) is 0 Å². The maximum Gasteiger partial charge on any atom is 0.101 e. The Kier molecular flexibility index (Phi) is 11.0. The standard InChI is InChI=1S/C67H33N9/c68-34-41-5-1-9-47(22-41)51-13-17-57-58-18-14-52(48-10-2-6-42(23-48)35-69)29-64(58)75(63(57)28-51)62-33-61(55-26-45(38-72)21-46(27-55)39-73)67(32-56(62)40-74)76-65-30-53(49-11-3-7-43(24-49)36-70)15-19-59(65)60-20-16-54(31-66(60)76)50-12-4-8-44(25-50)37-71/h1-33H. The van der Waals surface area contributed by atoms with Gasteiger partial charge in [0.25, 0.3) is 0 Å². The SMILES string of the molecule is N#Cc1cccc(-c2ccc3c4ccc(-c5cccc(C#N)c5)cc4n(-c4cc(-c5cc(C#N)cc(C#N)c5)c(-n5c6cc(-c7cccc(C#N)c7)ccc6c6ccc(-c7cccc(C#N)c7)cc65)cc4C#N)c3c2)c1. The molecule has 9 nitrogen and oxygen atoms in total. The van der Waals surface area contributed by atoms with Gasteiger partial charge in [-0.2, -0.15) is 36.8 Å². The van der Waals surface area contributed by atoms with Crippen LogP contribution < -0.4 is 0 Å². The van der Waals surface area contributed by atoms with Crippen LogP contribution in [-0.2, 0) is 0 Å². The number of hydrogen-bond donors (Lipinski definition) is 0. The van der Waals surface area contributed by atoms with E-state index in [4.69, 9.17) is 0 Å². The van der Waals surface area contributed by atoms with Crippen molar-refractivity contribution in [3.05, 3.63) is 239 Å². The summed E-state index contributed by atoms with van der Waals surface area (Å²) in [7, 11) is 0. The molecule has 12 rings (SSSR count). The second-order valence-corrected chi connectivity index (χ2v) is 18.4. The lowest BCUT2D eigenvalue weighted by molar-refractivity contribution is 1.14. The van der Waals surface area contributed by atoms with Crippen LogP contribution in [0.15, 0.2) is 200 Å². The molecule has 0 bridgehead atoms. The molecule has 0 radical (unpaired) electrons. The van der Waals surface area contributed by atoms with Crippen LogP contribution in [0, 0.1) is 79.3 Å². The summed E-state index contributed by atoms with van der Waals surface area (Å²) in [4.78, 5) is 0. The number of fused-ring (bicyclic) bond motifs is 6. The van der Waals surface area contributed by atoms with E-state index in [1.165, 1.54) is 0 Å². The second-order valence-electron chi connectivity index (χ2n) is 18.4. The fraction of sp³-hybridized carbons (Fsp3) is 0. The lowest BCUT2D eigenvalue weighted by Crippen LogP contribution is -2.04. The van der Waals surface area contributed by atoms with Crippen LogP contribution in [0.2, 0.25) is 0 Å². The number of nitriles is 7. The summed E-state index contributed by atoms with van der Waals surface area (Å²) in [6.45, 7) is 0. The third-order valence-electron chi connectivity index (χ3n) is 14.1. The quantitative estimate of drug-likeness (QED) is 0.153. The molecule has 346 valence electrons. The van der Waals surface area contributed by atoms with Crippen LogP contribution in [0.5, 0.6) is 0 Å². The molecule has 2 heterocycles. The lowest BCUT2D eigenvalue weighted by Gasteiger charge is -2.20. The third-order valence-corrected chi connectivity index (χ3v) is 14.1. The molecule has 0 fully saturated rings. The Morgan fingerprint density at radius 1 is 0.237 bits per heavy atom. The molecule has 0 N–H and O–H groups in total. The van der Waals surface area contributed by atoms with Crippen molar-refractivity contribution in [1.29, 1.82) is 36.8 Å². The summed E-state index contributed by atoms with van der Waals surface area (Å²) in [6, 6.07) is 79.4. The second kappa shape index (κ2) is 18.4. The number of benzene rings is 10. The van der Waals surface area contributed by atoms with Crippen LogP contribution in [0.4, 0.5) is 0 Å². The summed E-state index contributed by atoms with van der Waals surface area (Å²) in [5, 5.41) is 75.7. The maximum absolute atomic E-state index is 11.6. The molecule has 0 atom stereocenters. The van der Waals surface area contributed by atoms with E-state index in [0.717, 1.165) is 88.1 Å². The van der Waals surface area contributed by atoms with Crippen molar-refractivity contribution >= 4 is 43.6 Å². The zero-order valence-corrected chi connectivity index (χ0v) is 40.1. The first-order valence-corrected chi connectivity index (χ1v) is 24.0. The molecule has 0 aliphatic heterocycles. The highest BCUT2D eigenvalue weighted by atomic mass is 15.0. The molecule has 0 saturated heterocycles.